The molecule has 0 aromatic heterocycles. The number of fused-ring (bicyclic) bond motifs is 1. The molecule has 4 aliphatic carbocycles. The van der Waals surface area contributed by atoms with Gasteiger partial charge in [-0.05, 0) is 31.6 Å². The zero-order valence-corrected chi connectivity index (χ0v) is 11.5. The second kappa shape index (κ2) is 3.29. The summed E-state index contributed by atoms with van der Waals surface area (Å²) in [6, 6.07) is 0. The van der Waals surface area contributed by atoms with E-state index in [0.29, 0.717) is 19.3 Å². The van der Waals surface area contributed by atoms with Crippen molar-refractivity contribution in [1.82, 2.24) is 0 Å². The summed E-state index contributed by atoms with van der Waals surface area (Å²) in [5, 5.41) is -4.98. The van der Waals surface area contributed by atoms with Crippen molar-refractivity contribution in [2.45, 2.75) is 36.5 Å². The van der Waals surface area contributed by atoms with Gasteiger partial charge >= 0.3 is 21.3 Å². The van der Waals surface area contributed by atoms with Gasteiger partial charge in [0.2, 0.25) is 0 Å². The summed E-state index contributed by atoms with van der Waals surface area (Å²) >= 11 is 0. The number of esters is 1. The molecule has 4 fully saturated rings. The highest BCUT2D eigenvalue weighted by molar-refractivity contribution is 7.87. The highest BCUT2D eigenvalue weighted by atomic mass is 32.2. The van der Waals surface area contributed by atoms with E-state index < -0.39 is 32.4 Å². The monoisotopic (exact) mass is 322 g/mol. The van der Waals surface area contributed by atoms with E-state index in [4.69, 9.17) is 9.29 Å². The number of hydrogen-bond acceptors (Lipinski definition) is 5. The van der Waals surface area contributed by atoms with Gasteiger partial charge in [0, 0.05) is 17.3 Å². The number of ether oxygens (including phenoxy) is 1. The molecule has 0 aliphatic heterocycles. The number of Topliss-reactive ketones (excluding diaryl/α,β-unsaturated/α-hetero) is 1. The molecule has 116 valence electrons. The van der Waals surface area contributed by atoms with Gasteiger partial charge in [0.05, 0.1) is 0 Å². The highest BCUT2D eigenvalue weighted by Gasteiger charge is 2.86. The number of carbonyl (C=O) groups excluding carboxylic acids is 2. The summed E-state index contributed by atoms with van der Waals surface area (Å²) in [7, 11) is -5.87. The summed E-state index contributed by atoms with van der Waals surface area (Å²) in [5.74, 6) is -2.48. The second-order valence-corrected chi connectivity index (χ2v) is 8.08. The Hall–Kier alpha value is -1.09. The predicted octanol–water partition coefficient (Wildman–Crippen LogP) is 0.768. The van der Waals surface area contributed by atoms with Gasteiger partial charge in [0.25, 0.3) is 0 Å². The molecule has 1 spiro atoms. The van der Waals surface area contributed by atoms with E-state index in [1.54, 1.807) is 0 Å². The predicted molar refractivity (Wildman–Crippen MR) is 61.7 cm³/mol. The van der Waals surface area contributed by atoms with Gasteiger partial charge in [-0.15, -0.1) is 0 Å². The Morgan fingerprint density at radius 2 is 2.00 bits per heavy atom. The maximum Gasteiger partial charge on any atom is 0.465 e. The van der Waals surface area contributed by atoms with Crippen LogP contribution < -0.4 is 0 Å². The quantitative estimate of drug-likeness (QED) is 0.609. The molecule has 2 bridgehead atoms. The minimum absolute atomic E-state index is 0.110. The van der Waals surface area contributed by atoms with Crippen LogP contribution in [-0.4, -0.2) is 35.6 Å². The van der Waals surface area contributed by atoms with E-state index in [1.807, 2.05) is 0 Å². The molecule has 5 unspecified atom stereocenters. The van der Waals surface area contributed by atoms with Gasteiger partial charge in [-0.25, -0.2) is 4.79 Å². The zero-order valence-electron chi connectivity index (χ0n) is 10.7. The second-order valence-electron chi connectivity index (χ2n) is 6.61. The molecule has 0 heterocycles. The molecule has 6 nitrogen and oxygen atoms in total. The van der Waals surface area contributed by atoms with Gasteiger partial charge in [-0.2, -0.15) is 17.2 Å². The minimum Gasteiger partial charge on any atom is -0.453 e. The van der Waals surface area contributed by atoms with Gasteiger partial charge in [-0.1, -0.05) is 0 Å². The molecule has 1 N–H and O–H groups in total. The summed E-state index contributed by atoms with van der Waals surface area (Å²) < 4.78 is 61.2. The molecule has 0 radical (unpaired) electrons. The van der Waals surface area contributed by atoms with E-state index in [1.165, 1.54) is 0 Å². The molecule has 4 rings (SSSR count). The van der Waals surface area contributed by atoms with Crippen LogP contribution in [0, 0.1) is 23.2 Å². The summed E-state index contributed by atoms with van der Waals surface area (Å²) in [6.45, 7) is 0. The lowest BCUT2D eigenvalue weighted by molar-refractivity contribution is -0.289. The third-order valence-electron chi connectivity index (χ3n) is 6.05. The van der Waals surface area contributed by atoms with Crippen molar-refractivity contribution < 1.29 is 36.1 Å². The zero-order chi connectivity index (χ0) is 15.4. The Morgan fingerprint density at radius 3 is 2.52 bits per heavy atom. The van der Waals surface area contributed by atoms with Crippen LogP contribution in [0.5, 0.6) is 0 Å². The Morgan fingerprint density at radius 1 is 1.33 bits per heavy atom. The molecule has 4 aliphatic rings. The molecular formula is C12H12F2O6S. The van der Waals surface area contributed by atoms with Crippen LogP contribution in [-0.2, 0) is 24.4 Å². The summed E-state index contributed by atoms with van der Waals surface area (Å²) in [5.41, 5.74) is -1.70. The standard InChI is InChI=1S/C12H12F2O6S/c13-12(14,21(17,18)19)9(16)20-10-2-5-3-11(10)6(4-10)1-7(11)8(5)15/h5-7H,1-4H2,(H,17,18,19). The number of alkyl halides is 2. The van der Waals surface area contributed by atoms with E-state index in [0.717, 1.165) is 0 Å². The molecule has 0 aromatic rings. The van der Waals surface area contributed by atoms with Crippen molar-refractivity contribution in [3.63, 3.8) is 0 Å². The molecule has 9 heteroatoms. The average molecular weight is 322 g/mol. The number of carbonyl (C=O) groups is 2. The maximum absolute atomic E-state index is 13.3. The first-order valence-electron chi connectivity index (χ1n) is 6.67. The Labute approximate surface area is 118 Å². The van der Waals surface area contributed by atoms with Crippen LogP contribution in [0.15, 0.2) is 0 Å². The van der Waals surface area contributed by atoms with E-state index in [9.17, 15) is 26.8 Å². The number of rotatable bonds is 3. The lowest BCUT2D eigenvalue weighted by Crippen LogP contribution is -2.74. The smallest absolute Gasteiger partial charge is 0.453 e. The van der Waals surface area contributed by atoms with E-state index >= 15 is 0 Å². The topological polar surface area (TPSA) is 97.7 Å². The fraction of sp³-hybridized carbons (Fsp3) is 0.833. The van der Waals surface area contributed by atoms with Crippen molar-refractivity contribution in [2.24, 2.45) is 23.2 Å². The minimum atomic E-state index is -5.87. The Balaban J connectivity index is 1.63. The molecular weight excluding hydrogens is 310 g/mol. The maximum atomic E-state index is 13.3. The Bertz CT molecular complexity index is 688. The summed E-state index contributed by atoms with van der Waals surface area (Å²) in [4.78, 5) is 23.5. The van der Waals surface area contributed by atoms with E-state index in [-0.39, 0.29) is 30.0 Å². The van der Waals surface area contributed by atoms with Gasteiger partial charge in [0.15, 0.2) is 0 Å². The SMILES string of the molecule is O=C1C2CC3(OC(=O)C(F)(F)S(=O)(=O)O)CC4CC1C43C2. The van der Waals surface area contributed by atoms with Crippen molar-refractivity contribution in [2.75, 3.05) is 0 Å². The van der Waals surface area contributed by atoms with Gasteiger partial charge in [0.1, 0.15) is 11.4 Å². The van der Waals surface area contributed by atoms with Crippen LogP contribution in [0.1, 0.15) is 25.7 Å². The van der Waals surface area contributed by atoms with Crippen LogP contribution in [0.2, 0.25) is 0 Å². The van der Waals surface area contributed by atoms with Gasteiger partial charge in [-0.3, -0.25) is 9.35 Å². The molecule has 4 saturated carbocycles. The first-order valence-corrected chi connectivity index (χ1v) is 8.11. The van der Waals surface area contributed by atoms with Crippen molar-refractivity contribution in [3.05, 3.63) is 0 Å². The summed E-state index contributed by atoms with van der Waals surface area (Å²) in [6.07, 6.45) is 1.81. The van der Waals surface area contributed by atoms with E-state index in [2.05, 4.69) is 0 Å². The van der Waals surface area contributed by atoms with Crippen molar-refractivity contribution in [3.8, 4) is 0 Å². The largest absolute Gasteiger partial charge is 0.465 e. The van der Waals surface area contributed by atoms with Crippen LogP contribution in [0.4, 0.5) is 8.78 Å². The molecule has 0 amide bonds. The van der Waals surface area contributed by atoms with Crippen LogP contribution in [0.25, 0.3) is 0 Å². The number of hydrogen-bond donors (Lipinski definition) is 1. The fourth-order valence-corrected chi connectivity index (χ4v) is 5.52. The third kappa shape index (κ3) is 1.21. The number of halogens is 2. The highest BCUT2D eigenvalue weighted by Crippen LogP contribution is 2.82. The first-order chi connectivity index (χ1) is 9.55. The fourth-order valence-electron chi connectivity index (χ4n) is 5.26. The Kier molecular flexibility index (Phi) is 2.13. The first kappa shape index (κ1) is 13.6. The van der Waals surface area contributed by atoms with Crippen LogP contribution >= 0.6 is 0 Å². The number of ketones is 1. The lowest BCUT2D eigenvalue weighted by atomic mass is 9.36. The lowest BCUT2D eigenvalue weighted by Gasteiger charge is -2.70. The molecule has 0 aromatic carbocycles. The third-order valence-corrected chi connectivity index (χ3v) is 6.87. The molecule has 21 heavy (non-hydrogen) atoms. The average Bonchev–Trinajstić information content (AvgIpc) is 2.77. The van der Waals surface area contributed by atoms with Crippen molar-refractivity contribution >= 4 is 21.9 Å². The van der Waals surface area contributed by atoms with Gasteiger partial charge < -0.3 is 4.74 Å². The normalized spacial score (nSPS) is 46.6. The molecule has 0 saturated heterocycles. The van der Waals surface area contributed by atoms with Crippen LogP contribution in [0.3, 0.4) is 0 Å². The van der Waals surface area contributed by atoms with Crippen molar-refractivity contribution in [1.29, 1.82) is 0 Å². The molecule has 5 atom stereocenters.